The van der Waals surface area contributed by atoms with Gasteiger partial charge in [-0.1, -0.05) is 77.3 Å². The Hall–Kier alpha value is -2.78. The largest absolute Gasteiger partial charge is 0.355 e. The number of sulfonamides is 1. The Kier molecular flexibility index (Phi) is 11.7. The Bertz CT molecular complexity index is 1420. The lowest BCUT2D eigenvalue weighted by molar-refractivity contribution is -0.141. The van der Waals surface area contributed by atoms with E-state index in [4.69, 9.17) is 34.8 Å². The van der Waals surface area contributed by atoms with Gasteiger partial charge in [-0.3, -0.25) is 13.9 Å². The van der Waals surface area contributed by atoms with Crippen LogP contribution in [0.3, 0.4) is 0 Å². The molecule has 1 N–H and O–H groups in total. The number of carbonyl (C=O) groups is 2. The first-order valence-corrected chi connectivity index (χ1v) is 15.8. The van der Waals surface area contributed by atoms with E-state index in [0.29, 0.717) is 39.3 Å². The van der Waals surface area contributed by atoms with Crippen LogP contribution < -0.4 is 9.62 Å². The van der Waals surface area contributed by atoms with E-state index in [2.05, 4.69) is 5.32 Å². The molecule has 0 saturated carbocycles. The van der Waals surface area contributed by atoms with Crippen molar-refractivity contribution in [2.45, 2.75) is 38.8 Å². The zero-order valence-corrected chi connectivity index (χ0v) is 25.4. The van der Waals surface area contributed by atoms with E-state index in [1.807, 2.05) is 37.3 Å². The number of hydrogen-bond donors (Lipinski definition) is 1. The zero-order chi connectivity index (χ0) is 29.3. The van der Waals surface area contributed by atoms with Crippen molar-refractivity contribution >= 4 is 62.3 Å². The molecule has 0 aromatic heterocycles. The molecule has 11 heteroatoms. The van der Waals surface area contributed by atoms with Crippen molar-refractivity contribution in [2.75, 3.05) is 23.7 Å². The summed E-state index contributed by atoms with van der Waals surface area (Å²) in [5.74, 6) is -0.598. The van der Waals surface area contributed by atoms with Crippen molar-refractivity contribution in [3.05, 3.63) is 99.0 Å². The van der Waals surface area contributed by atoms with Gasteiger partial charge in [0.05, 0.1) is 11.9 Å². The van der Waals surface area contributed by atoms with E-state index in [9.17, 15) is 18.0 Å². The minimum Gasteiger partial charge on any atom is -0.355 e. The van der Waals surface area contributed by atoms with Gasteiger partial charge in [0, 0.05) is 47.5 Å². The molecule has 3 rings (SSSR count). The molecule has 0 unspecified atom stereocenters. The van der Waals surface area contributed by atoms with Gasteiger partial charge in [0.25, 0.3) is 0 Å². The maximum atomic E-state index is 13.8. The summed E-state index contributed by atoms with van der Waals surface area (Å²) >= 11 is 18.6. The molecule has 0 saturated heterocycles. The second-order valence-corrected chi connectivity index (χ2v) is 12.5. The highest BCUT2D eigenvalue weighted by Gasteiger charge is 2.30. The van der Waals surface area contributed by atoms with E-state index in [-0.39, 0.29) is 37.7 Å². The standard InChI is InChI=1S/C29H32Cl3N3O4S/c1-3-33-29(37)27(17-21-9-5-4-6-10-21)34(20-22-14-15-24(31)19-26(22)32)28(36)13-8-16-35(40(2,38)39)25-12-7-11-23(30)18-25/h4-7,9-12,14-15,18-19,27H,3,8,13,16-17,20H2,1-2H3,(H,33,37)/t27-/m0/s1. The number of halogens is 3. The molecule has 0 heterocycles. The molecule has 0 aliphatic carbocycles. The molecule has 3 aromatic rings. The maximum absolute atomic E-state index is 13.8. The summed E-state index contributed by atoms with van der Waals surface area (Å²) < 4.78 is 26.3. The van der Waals surface area contributed by atoms with Gasteiger partial charge in [-0.05, 0) is 54.8 Å². The van der Waals surface area contributed by atoms with Gasteiger partial charge >= 0.3 is 0 Å². The van der Waals surface area contributed by atoms with Crippen molar-refractivity contribution in [3.8, 4) is 0 Å². The first-order valence-electron chi connectivity index (χ1n) is 12.8. The first kappa shape index (κ1) is 31.7. The van der Waals surface area contributed by atoms with Crippen LogP contribution in [0.25, 0.3) is 0 Å². The van der Waals surface area contributed by atoms with Gasteiger partial charge in [0.15, 0.2) is 0 Å². The molecule has 40 heavy (non-hydrogen) atoms. The lowest BCUT2D eigenvalue weighted by Gasteiger charge is -2.32. The van der Waals surface area contributed by atoms with Crippen LogP contribution in [-0.2, 0) is 32.6 Å². The minimum absolute atomic E-state index is 0.00247. The molecule has 0 aliphatic heterocycles. The minimum atomic E-state index is -3.63. The third-order valence-electron chi connectivity index (χ3n) is 6.23. The molecule has 7 nitrogen and oxygen atoms in total. The van der Waals surface area contributed by atoms with E-state index < -0.39 is 16.1 Å². The molecule has 0 radical (unpaired) electrons. The quantitative estimate of drug-likeness (QED) is 0.254. The monoisotopic (exact) mass is 623 g/mol. The van der Waals surface area contributed by atoms with E-state index >= 15 is 0 Å². The van der Waals surface area contributed by atoms with Gasteiger partial charge in [-0.15, -0.1) is 0 Å². The fourth-order valence-corrected chi connectivity index (χ4v) is 5.92. The summed E-state index contributed by atoms with van der Waals surface area (Å²) in [6.07, 6.45) is 1.62. The predicted octanol–water partition coefficient (Wildman–Crippen LogP) is 5.97. The summed E-state index contributed by atoms with van der Waals surface area (Å²) in [6.45, 7) is 2.35. The molecule has 1 atom stereocenters. The van der Waals surface area contributed by atoms with Crippen LogP contribution in [0, 0.1) is 0 Å². The average Bonchev–Trinajstić information content (AvgIpc) is 2.89. The Morgan fingerprint density at radius 3 is 2.25 bits per heavy atom. The van der Waals surface area contributed by atoms with Crippen molar-refractivity contribution in [1.29, 1.82) is 0 Å². The summed E-state index contributed by atoms with van der Waals surface area (Å²) in [4.78, 5) is 28.6. The third kappa shape index (κ3) is 9.13. The number of benzene rings is 3. The molecular formula is C29H32Cl3N3O4S. The summed E-state index contributed by atoms with van der Waals surface area (Å²) in [5.41, 5.74) is 1.94. The summed E-state index contributed by atoms with van der Waals surface area (Å²) in [6, 6.07) is 20.2. The normalized spacial score (nSPS) is 12.0. The number of rotatable bonds is 13. The lowest BCUT2D eigenvalue weighted by Crippen LogP contribution is -2.50. The number of hydrogen-bond acceptors (Lipinski definition) is 4. The number of nitrogens with one attached hydrogen (secondary N) is 1. The molecule has 214 valence electrons. The smallest absolute Gasteiger partial charge is 0.243 e. The Balaban J connectivity index is 1.89. The van der Waals surface area contributed by atoms with Crippen LogP contribution in [0.5, 0.6) is 0 Å². The van der Waals surface area contributed by atoms with Crippen LogP contribution >= 0.6 is 34.8 Å². The van der Waals surface area contributed by atoms with Crippen molar-refractivity contribution < 1.29 is 18.0 Å². The Morgan fingerprint density at radius 1 is 0.925 bits per heavy atom. The molecular weight excluding hydrogens is 593 g/mol. The zero-order valence-electron chi connectivity index (χ0n) is 22.3. The second kappa shape index (κ2) is 14.7. The fourth-order valence-electron chi connectivity index (χ4n) is 4.31. The van der Waals surface area contributed by atoms with E-state index in [0.717, 1.165) is 11.8 Å². The summed E-state index contributed by atoms with van der Waals surface area (Å²) in [7, 11) is -3.63. The van der Waals surface area contributed by atoms with Gasteiger partial charge < -0.3 is 10.2 Å². The van der Waals surface area contributed by atoms with Crippen molar-refractivity contribution in [3.63, 3.8) is 0 Å². The summed E-state index contributed by atoms with van der Waals surface area (Å²) in [5, 5.41) is 4.08. The highest BCUT2D eigenvalue weighted by Crippen LogP contribution is 2.26. The number of amides is 2. The highest BCUT2D eigenvalue weighted by molar-refractivity contribution is 7.92. The SMILES string of the molecule is CCNC(=O)[C@H](Cc1ccccc1)N(Cc1ccc(Cl)cc1Cl)C(=O)CCCN(c1cccc(Cl)c1)S(C)(=O)=O. The third-order valence-corrected chi connectivity index (χ3v) is 8.24. The van der Waals surface area contributed by atoms with Gasteiger partial charge in [-0.25, -0.2) is 8.42 Å². The molecule has 2 amide bonds. The van der Waals surface area contributed by atoms with Crippen LogP contribution in [0.15, 0.2) is 72.8 Å². The van der Waals surface area contributed by atoms with Crippen molar-refractivity contribution in [2.24, 2.45) is 0 Å². The Morgan fingerprint density at radius 2 is 1.62 bits per heavy atom. The van der Waals surface area contributed by atoms with Gasteiger partial charge in [0.1, 0.15) is 6.04 Å². The molecule has 0 fully saturated rings. The van der Waals surface area contributed by atoms with Crippen LogP contribution in [0.2, 0.25) is 15.1 Å². The second-order valence-electron chi connectivity index (χ2n) is 9.28. The van der Waals surface area contributed by atoms with E-state index in [1.165, 1.54) is 9.21 Å². The number of carbonyl (C=O) groups excluding carboxylic acids is 2. The number of anilines is 1. The van der Waals surface area contributed by atoms with E-state index in [1.54, 1.807) is 42.5 Å². The Labute approximate surface area is 251 Å². The average molecular weight is 625 g/mol. The van der Waals surface area contributed by atoms with Gasteiger partial charge in [0.2, 0.25) is 21.8 Å². The fraction of sp³-hybridized carbons (Fsp3) is 0.310. The highest BCUT2D eigenvalue weighted by atomic mass is 35.5. The molecule has 3 aromatic carbocycles. The van der Waals surface area contributed by atoms with Crippen LogP contribution in [0.1, 0.15) is 30.9 Å². The number of nitrogens with zero attached hydrogens (tertiary/aromatic N) is 2. The van der Waals surface area contributed by atoms with Crippen molar-refractivity contribution in [1.82, 2.24) is 10.2 Å². The maximum Gasteiger partial charge on any atom is 0.243 e. The number of likely N-dealkylation sites (N-methyl/N-ethyl adjacent to an activating group) is 1. The lowest BCUT2D eigenvalue weighted by atomic mass is 10.0. The predicted molar refractivity (Wildman–Crippen MR) is 163 cm³/mol. The van der Waals surface area contributed by atoms with Crippen LogP contribution in [-0.4, -0.2) is 50.5 Å². The molecule has 0 aliphatic rings. The molecule has 0 spiro atoms. The van der Waals surface area contributed by atoms with Crippen LogP contribution in [0.4, 0.5) is 5.69 Å². The first-order chi connectivity index (χ1) is 19.0. The molecule has 0 bridgehead atoms. The topological polar surface area (TPSA) is 86.8 Å². The van der Waals surface area contributed by atoms with Gasteiger partial charge in [-0.2, -0.15) is 0 Å².